The van der Waals surface area contributed by atoms with E-state index in [1.807, 2.05) is 77.3 Å². The first-order valence-electron chi connectivity index (χ1n) is 13.8. The van der Waals surface area contributed by atoms with E-state index in [1.54, 1.807) is 36.4 Å². The van der Waals surface area contributed by atoms with Crippen molar-refractivity contribution in [2.75, 3.05) is 23.7 Å². The minimum atomic E-state index is -4.10. The number of nitrogens with one attached hydrogen (secondary N) is 1. The molecule has 220 valence electrons. The third-order valence-electron chi connectivity index (χ3n) is 6.79. The van der Waals surface area contributed by atoms with Crippen LogP contribution in [0.3, 0.4) is 0 Å². The highest BCUT2D eigenvalue weighted by atomic mass is 32.2. The summed E-state index contributed by atoms with van der Waals surface area (Å²) < 4.78 is 29.1. The molecule has 41 heavy (non-hydrogen) atoms. The largest absolute Gasteiger partial charge is 0.354 e. The van der Waals surface area contributed by atoms with E-state index in [2.05, 4.69) is 5.32 Å². The van der Waals surface area contributed by atoms with Crippen LogP contribution < -0.4 is 9.62 Å². The molecule has 0 aliphatic carbocycles. The van der Waals surface area contributed by atoms with Crippen molar-refractivity contribution in [3.05, 3.63) is 89.5 Å². The maximum atomic E-state index is 14.1. The van der Waals surface area contributed by atoms with Gasteiger partial charge in [0.1, 0.15) is 12.6 Å². The fourth-order valence-corrected chi connectivity index (χ4v) is 6.17. The number of amides is 2. The molecule has 0 fully saturated rings. The Morgan fingerprint density at radius 3 is 1.95 bits per heavy atom. The molecule has 3 aromatic rings. The zero-order valence-electron chi connectivity index (χ0n) is 24.8. The van der Waals surface area contributed by atoms with Gasteiger partial charge >= 0.3 is 0 Å². The number of aryl methyl sites for hydroxylation is 2. The van der Waals surface area contributed by atoms with Crippen LogP contribution in [0.1, 0.15) is 43.9 Å². The molecular weight excluding hydrogens is 555 g/mol. The number of thioether (sulfide) groups is 1. The molecule has 0 radical (unpaired) electrons. The van der Waals surface area contributed by atoms with Gasteiger partial charge in [-0.1, -0.05) is 68.3 Å². The van der Waals surface area contributed by atoms with Gasteiger partial charge in [-0.2, -0.15) is 0 Å². The standard InChI is InChI=1S/C32H41N3O4S2/c1-7-30(32(37)33-20-23(2)3)34(21-26-12-8-24(4)9-13-26)31(36)22-35(27-14-10-25(5)11-15-27)41(38,39)29-18-16-28(40-6)17-19-29/h8-19,23,30H,7,20-22H2,1-6H3,(H,33,37)/t30-/m1/s1. The molecule has 0 aliphatic rings. The number of nitrogens with zero attached hydrogens (tertiary/aromatic N) is 2. The van der Waals surface area contributed by atoms with Crippen LogP contribution in [0, 0.1) is 19.8 Å². The molecule has 0 heterocycles. The summed E-state index contributed by atoms with van der Waals surface area (Å²) in [5.41, 5.74) is 3.29. The Balaban J connectivity index is 2.03. The van der Waals surface area contributed by atoms with Crippen LogP contribution in [0.2, 0.25) is 0 Å². The molecule has 7 nitrogen and oxygen atoms in total. The Morgan fingerprint density at radius 2 is 1.44 bits per heavy atom. The quantitative estimate of drug-likeness (QED) is 0.253. The van der Waals surface area contributed by atoms with Crippen molar-refractivity contribution in [3.8, 4) is 0 Å². The van der Waals surface area contributed by atoms with Crippen molar-refractivity contribution in [1.82, 2.24) is 10.2 Å². The molecule has 0 unspecified atom stereocenters. The van der Waals surface area contributed by atoms with Gasteiger partial charge in [-0.05, 0) is 74.4 Å². The number of rotatable bonds is 13. The van der Waals surface area contributed by atoms with E-state index in [0.29, 0.717) is 18.7 Å². The van der Waals surface area contributed by atoms with Gasteiger partial charge in [-0.3, -0.25) is 13.9 Å². The van der Waals surface area contributed by atoms with Crippen LogP contribution in [0.5, 0.6) is 0 Å². The summed E-state index contributed by atoms with van der Waals surface area (Å²) in [4.78, 5) is 30.0. The smallest absolute Gasteiger partial charge is 0.264 e. The van der Waals surface area contributed by atoms with Crippen LogP contribution >= 0.6 is 11.8 Å². The average molecular weight is 596 g/mol. The number of benzene rings is 3. The molecule has 3 rings (SSSR count). The summed E-state index contributed by atoms with van der Waals surface area (Å²) in [5.74, 6) is -0.460. The Hall–Kier alpha value is -3.30. The van der Waals surface area contributed by atoms with Gasteiger partial charge in [-0.15, -0.1) is 11.8 Å². The maximum absolute atomic E-state index is 14.1. The van der Waals surface area contributed by atoms with E-state index in [0.717, 1.165) is 25.9 Å². The highest BCUT2D eigenvalue weighted by molar-refractivity contribution is 7.98. The van der Waals surface area contributed by atoms with Gasteiger partial charge in [0.05, 0.1) is 10.6 Å². The lowest BCUT2D eigenvalue weighted by molar-refractivity contribution is -0.140. The fourth-order valence-electron chi connectivity index (χ4n) is 4.35. The van der Waals surface area contributed by atoms with E-state index in [1.165, 1.54) is 16.7 Å². The van der Waals surface area contributed by atoms with E-state index in [-0.39, 0.29) is 23.3 Å². The van der Waals surface area contributed by atoms with Gasteiger partial charge in [0.2, 0.25) is 11.8 Å². The topological polar surface area (TPSA) is 86.8 Å². The third-order valence-corrected chi connectivity index (χ3v) is 9.32. The number of carbonyl (C=O) groups excluding carboxylic acids is 2. The van der Waals surface area contributed by atoms with Crippen LogP contribution in [0.4, 0.5) is 5.69 Å². The first-order valence-corrected chi connectivity index (χ1v) is 16.5. The van der Waals surface area contributed by atoms with Crippen LogP contribution in [0.25, 0.3) is 0 Å². The van der Waals surface area contributed by atoms with Gasteiger partial charge in [0.25, 0.3) is 10.0 Å². The van der Waals surface area contributed by atoms with E-state index in [4.69, 9.17) is 0 Å². The number of hydrogen-bond donors (Lipinski definition) is 1. The van der Waals surface area contributed by atoms with Gasteiger partial charge < -0.3 is 10.2 Å². The predicted octanol–water partition coefficient (Wildman–Crippen LogP) is 5.80. The highest BCUT2D eigenvalue weighted by Gasteiger charge is 2.33. The summed E-state index contributed by atoms with van der Waals surface area (Å²) >= 11 is 1.52. The summed E-state index contributed by atoms with van der Waals surface area (Å²) in [7, 11) is -4.10. The zero-order valence-corrected chi connectivity index (χ0v) is 26.4. The minimum Gasteiger partial charge on any atom is -0.354 e. The number of hydrogen-bond acceptors (Lipinski definition) is 5. The second-order valence-electron chi connectivity index (χ2n) is 10.6. The predicted molar refractivity (Wildman–Crippen MR) is 168 cm³/mol. The molecule has 2 amide bonds. The van der Waals surface area contributed by atoms with Crippen molar-refractivity contribution >= 4 is 39.3 Å². The molecular formula is C32H41N3O4S2. The summed E-state index contributed by atoms with van der Waals surface area (Å²) in [5, 5.41) is 2.95. The average Bonchev–Trinajstić information content (AvgIpc) is 2.96. The second kappa shape index (κ2) is 14.5. The van der Waals surface area contributed by atoms with Gasteiger partial charge in [0, 0.05) is 18.0 Å². The summed E-state index contributed by atoms with van der Waals surface area (Å²) in [6.45, 7) is 9.98. The van der Waals surface area contributed by atoms with Crippen LogP contribution in [-0.2, 0) is 26.2 Å². The van der Waals surface area contributed by atoms with Gasteiger partial charge in [0.15, 0.2) is 0 Å². The second-order valence-corrected chi connectivity index (χ2v) is 13.3. The van der Waals surface area contributed by atoms with Crippen molar-refractivity contribution in [2.24, 2.45) is 5.92 Å². The lowest BCUT2D eigenvalue weighted by atomic mass is 10.1. The monoisotopic (exact) mass is 595 g/mol. The minimum absolute atomic E-state index is 0.0930. The third kappa shape index (κ3) is 8.60. The van der Waals surface area contributed by atoms with Crippen LogP contribution in [0.15, 0.2) is 82.6 Å². The summed E-state index contributed by atoms with van der Waals surface area (Å²) in [6, 6.07) is 20.7. The van der Waals surface area contributed by atoms with E-state index >= 15 is 0 Å². The molecule has 9 heteroatoms. The molecule has 0 spiro atoms. The maximum Gasteiger partial charge on any atom is 0.264 e. The Bertz CT molecular complexity index is 1400. The molecule has 0 aliphatic heterocycles. The molecule has 0 saturated heterocycles. The lowest BCUT2D eigenvalue weighted by Gasteiger charge is -2.33. The number of carbonyl (C=O) groups is 2. The molecule has 0 bridgehead atoms. The van der Waals surface area contributed by atoms with Crippen molar-refractivity contribution in [3.63, 3.8) is 0 Å². The van der Waals surface area contributed by atoms with Crippen LogP contribution in [-0.4, -0.2) is 50.5 Å². The lowest BCUT2D eigenvalue weighted by Crippen LogP contribution is -2.52. The van der Waals surface area contributed by atoms with Crippen molar-refractivity contribution in [1.29, 1.82) is 0 Å². The van der Waals surface area contributed by atoms with Crippen molar-refractivity contribution in [2.45, 2.75) is 63.4 Å². The van der Waals surface area contributed by atoms with E-state index in [9.17, 15) is 18.0 Å². The molecule has 3 aromatic carbocycles. The van der Waals surface area contributed by atoms with Crippen molar-refractivity contribution < 1.29 is 18.0 Å². The SMILES string of the molecule is CC[C@H](C(=O)NCC(C)C)N(Cc1ccc(C)cc1)C(=O)CN(c1ccc(C)cc1)S(=O)(=O)c1ccc(SC)cc1. The number of anilines is 1. The molecule has 1 atom stereocenters. The van der Waals surface area contributed by atoms with Gasteiger partial charge in [-0.25, -0.2) is 8.42 Å². The first kappa shape index (κ1) is 32.2. The molecule has 0 saturated carbocycles. The number of sulfonamides is 1. The first-order chi connectivity index (χ1) is 19.5. The van der Waals surface area contributed by atoms with E-state index < -0.39 is 28.5 Å². The molecule has 0 aromatic heterocycles. The highest BCUT2D eigenvalue weighted by Crippen LogP contribution is 2.27. The Morgan fingerprint density at radius 1 is 0.878 bits per heavy atom. The summed E-state index contributed by atoms with van der Waals surface area (Å²) in [6.07, 6.45) is 2.31. The zero-order chi connectivity index (χ0) is 30.2. The molecule has 1 N–H and O–H groups in total. The normalized spacial score (nSPS) is 12.2. The fraction of sp³-hybridized carbons (Fsp3) is 0.375. The Labute approximate surface area is 249 Å². The Kier molecular flexibility index (Phi) is 11.4.